The van der Waals surface area contributed by atoms with E-state index in [4.69, 9.17) is 23.7 Å². The first-order valence-corrected chi connectivity index (χ1v) is 13.1. The van der Waals surface area contributed by atoms with Gasteiger partial charge in [0, 0.05) is 18.3 Å². The fourth-order valence-electron chi connectivity index (χ4n) is 3.61. The van der Waals surface area contributed by atoms with Crippen molar-refractivity contribution in [3.8, 4) is 28.0 Å². The van der Waals surface area contributed by atoms with E-state index in [1.807, 2.05) is 0 Å². The fraction of sp³-hybridized carbons (Fsp3) is 0.212. The molecule has 0 saturated carbocycles. The van der Waals surface area contributed by atoms with Crippen LogP contribution in [0.5, 0.6) is 5.75 Å². The van der Waals surface area contributed by atoms with E-state index in [-0.39, 0.29) is 54.5 Å². The zero-order valence-electron chi connectivity index (χ0n) is 24.1. The van der Waals surface area contributed by atoms with Crippen molar-refractivity contribution in [1.82, 2.24) is 0 Å². The maximum absolute atomic E-state index is 14.6. The van der Waals surface area contributed by atoms with Crippen LogP contribution >= 0.6 is 0 Å². The van der Waals surface area contributed by atoms with Gasteiger partial charge in [-0.3, -0.25) is 0 Å². The SMILES string of the molecule is C=C(C)C(=O)OCCOC(=O)c1cc(C(=O)OCCOC)cc(-c2ccc(-c3ccc(OC(=O)C(=C)C)c(F)c3)cc2)c1. The van der Waals surface area contributed by atoms with E-state index in [1.165, 1.54) is 39.2 Å². The molecule has 0 radical (unpaired) electrons. The molecule has 0 aliphatic rings. The minimum Gasteiger partial charge on any atom is -0.460 e. The van der Waals surface area contributed by atoms with Crippen molar-refractivity contribution in [1.29, 1.82) is 0 Å². The van der Waals surface area contributed by atoms with Gasteiger partial charge in [-0.15, -0.1) is 0 Å². The zero-order chi connectivity index (χ0) is 31.5. The van der Waals surface area contributed by atoms with Crippen molar-refractivity contribution < 1.29 is 47.3 Å². The van der Waals surface area contributed by atoms with Crippen LogP contribution < -0.4 is 4.74 Å². The molecule has 43 heavy (non-hydrogen) atoms. The minimum absolute atomic E-state index is 0.0177. The number of esters is 4. The number of rotatable bonds is 13. The molecule has 0 spiro atoms. The molecule has 3 rings (SSSR count). The molecule has 0 aromatic heterocycles. The maximum Gasteiger partial charge on any atom is 0.338 e. The second-order valence-electron chi connectivity index (χ2n) is 9.37. The Kier molecular flexibility index (Phi) is 11.5. The second kappa shape index (κ2) is 15.2. The average molecular weight is 591 g/mol. The summed E-state index contributed by atoms with van der Waals surface area (Å²) in [6, 6.07) is 15.6. The van der Waals surface area contributed by atoms with Crippen LogP contribution in [-0.2, 0) is 28.5 Å². The van der Waals surface area contributed by atoms with Crippen LogP contribution in [0, 0.1) is 5.82 Å². The van der Waals surface area contributed by atoms with Crippen LogP contribution in [0.15, 0.2) is 85.0 Å². The molecule has 0 aliphatic carbocycles. The maximum atomic E-state index is 14.6. The summed E-state index contributed by atoms with van der Waals surface area (Å²) in [5.74, 6) is -3.66. The van der Waals surface area contributed by atoms with Gasteiger partial charge in [0.15, 0.2) is 11.6 Å². The zero-order valence-corrected chi connectivity index (χ0v) is 24.1. The van der Waals surface area contributed by atoms with Crippen molar-refractivity contribution in [2.24, 2.45) is 0 Å². The van der Waals surface area contributed by atoms with Crippen LogP contribution in [0.1, 0.15) is 34.6 Å². The summed E-state index contributed by atoms with van der Waals surface area (Å²) in [5, 5.41) is 0. The first-order chi connectivity index (χ1) is 20.5. The normalized spacial score (nSPS) is 10.4. The van der Waals surface area contributed by atoms with Crippen molar-refractivity contribution in [2.45, 2.75) is 13.8 Å². The molecular weight excluding hydrogens is 559 g/mol. The largest absolute Gasteiger partial charge is 0.460 e. The lowest BCUT2D eigenvalue weighted by atomic mass is 9.97. The van der Waals surface area contributed by atoms with E-state index in [9.17, 15) is 23.6 Å². The first-order valence-electron chi connectivity index (χ1n) is 13.1. The van der Waals surface area contributed by atoms with E-state index >= 15 is 0 Å². The lowest BCUT2D eigenvalue weighted by molar-refractivity contribution is -0.140. The summed E-state index contributed by atoms with van der Waals surface area (Å²) in [5.41, 5.74) is 2.91. The fourth-order valence-corrected chi connectivity index (χ4v) is 3.61. The summed E-state index contributed by atoms with van der Waals surface area (Å²) < 4.78 is 39.9. The highest BCUT2D eigenvalue weighted by Gasteiger charge is 2.17. The van der Waals surface area contributed by atoms with E-state index < -0.39 is 29.7 Å². The van der Waals surface area contributed by atoms with E-state index in [2.05, 4.69) is 13.2 Å². The molecule has 224 valence electrons. The van der Waals surface area contributed by atoms with Gasteiger partial charge in [-0.25, -0.2) is 23.6 Å². The summed E-state index contributed by atoms with van der Waals surface area (Å²) in [6.45, 7) is 9.78. The van der Waals surface area contributed by atoms with Gasteiger partial charge in [0.1, 0.15) is 19.8 Å². The van der Waals surface area contributed by atoms with Gasteiger partial charge in [0.25, 0.3) is 0 Å². The van der Waals surface area contributed by atoms with Gasteiger partial charge in [-0.05, 0) is 66.4 Å². The Morgan fingerprint density at radius 3 is 1.63 bits per heavy atom. The third-order valence-electron chi connectivity index (χ3n) is 5.86. The van der Waals surface area contributed by atoms with Gasteiger partial charge < -0.3 is 23.7 Å². The van der Waals surface area contributed by atoms with E-state index in [1.54, 1.807) is 42.5 Å². The quantitative estimate of drug-likeness (QED) is 0.0811. The number of hydrogen-bond acceptors (Lipinski definition) is 9. The molecule has 9 nitrogen and oxygen atoms in total. The predicted octanol–water partition coefficient (Wildman–Crippen LogP) is 5.72. The lowest BCUT2D eigenvalue weighted by Gasteiger charge is -2.12. The van der Waals surface area contributed by atoms with Gasteiger partial charge >= 0.3 is 23.9 Å². The Morgan fingerprint density at radius 1 is 0.628 bits per heavy atom. The second-order valence-corrected chi connectivity index (χ2v) is 9.37. The smallest absolute Gasteiger partial charge is 0.338 e. The van der Waals surface area contributed by atoms with Gasteiger partial charge in [-0.2, -0.15) is 0 Å². The van der Waals surface area contributed by atoms with Crippen molar-refractivity contribution in [3.05, 3.63) is 102 Å². The van der Waals surface area contributed by atoms with Crippen LogP contribution in [0.25, 0.3) is 22.3 Å². The molecule has 0 N–H and O–H groups in total. The summed E-state index contributed by atoms with van der Waals surface area (Å²) >= 11 is 0. The van der Waals surface area contributed by atoms with Gasteiger partial charge in [-0.1, -0.05) is 43.5 Å². The van der Waals surface area contributed by atoms with Crippen molar-refractivity contribution >= 4 is 23.9 Å². The Hall–Kier alpha value is -5.09. The minimum atomic E-state index is -0.737. The highest BCUT2D eigenvalue weighted by Crippen LogP contribution is 2.30. The van der Waals surface area contributed by atoms with E-state index in [0.717, 1.165) is 0 Å². The van der Waals surface area contributed by atoms with Crippen molar-refractivity contribution in [2.75, 3.05) is 33.5 Å². The van der Waals surface area contributed by atoms with E-state index in [0.29, 0.717) is 22.3 Å². The first kappa shape index (κ1) is 32.4. The van der Waals surface area contributed by atoms with Crippen LogP contribution in [0.4, 0.5) is 4.39 Å². The number of halogens is 1. The summed E-state index contributed by atoms with van der Waals surface area (Å²) in [7, 11) is 1.47. The molecule has 3 aromatic carbocycles. The Balaban J connectivity index is 1.84. The molecule has 10 heteroatoms. The average Bonchev–Trinajstić information content (AvgIpc) is 2.99. The summed E-state index contributed by atoms with van der Waals surface area (Å²) in [4.78, 5) is 48.8. The molecule has 0 unspecified atom stereocenters. The van der Waals surface area contributed by atoms with Crippen molar-refractivity contribution in [3.63, 3.8) is 0 Å². The Labute approximate surface area is 248 Å². The molecule has 0 saturated heterocycles. The molecule has 0 aliphatic heterocycles. The number of methoxy groups -OCH3 is 1. The summed E-state index contributed by atoms with van der Waals surface area (Å²) in [6.07, 6.45) is 0. The number of ether oxygens (including phenoxy) is 5. The number of carbonyl (C=O) groups is 4. The number of carbonyl (C=O) groups excluding carboxylic acids is 4. The van der Waals surface area contributed by atoms with Crippen LogP contribution in [0.2, 0.25) is 0 Å². The Bertz CT molecular complexity index is 1540. The van der Waals surface area contributed by atoms with Gasteiger partial charge in [0.2, 0.25) is 0 Å². The molecule has 0 bridgehead atoms. The lowest BCUT2D eigenvalue weighted by Crippen LogP contribution is -2.15. The number of benzene rings is 3. The molecule has 0 fully saturated rings. The Morgan fingerprint density at radius 2 is 1.12 bits per heavy atom. The third kappa shape index (κ3) is 9.20. The van der Waals surface area contributed by atoms with Gasteiger partial charge in [0.05, 0.1) is 17.7 Å². The highest BCUT2D eigenvalue weighted by molar-refractivity contribution is 5.97. The molecule has 0 amide bonds. The topological polar surface area (TPSA) is 114 Å². The monoisotopic (exact) mass is 590 g/mol. The molecule has 3 aromatic rings. The highest BCUT2D eigenvalue weighted by atomic mass is 19.1. The van der Waals surface area contributed by atoms with Crippen LogP contribution in [0.3, 0.4) is 0 Å². The third-order valence-corrected chi connectivity index (χ3v) is 5.86. The predicted molar refractivity (Wildman–Crippen MR) is 156 cm³/mol. The molecule has 0 atom stereocenters. The molecular formula is C33H31FO9. The number of hydrogen-bond donors (Lipinski definition) is 0. The van der Waals surface area contributed by atoms with Crippen LogP contribution in [-0.4, -0.2) is 57.4 Å². The standard InChI is InChI=1S/C33H31FO9/c1-20(2)30(35)40-14-15-42-33(38)27-17-25(16-26(18-27)32(37)41-13-12-39-5)23-8-6-22(7-9-23)24-10-11-29(28(34)19-24)43-31(36)21(3)4/h6-11,16-19H,1,3,12-15H2,2,4-5H3. The molecule has 0 heterocycles.